The fraction of sp³-hybridized carbons (Fsp3) is 0.111. The third-order valence-corrected chi connectivity index (χ3v) is 3.79. The van der Waals surface area contributed by atoms with Crippen molar-refractivity contribution in [1.29, 1.82) is 0 Å². The zero-order chi connectivity index (χ0) is 19.1. The summed E-state index contributed by atoms with van der Waals surface area (Å²) in [7, 11) is 0. The second-order valence-corrected chi connectivity index (χ2v) is 5.49. The Morgan fingerprint density at radius 2 is 1.50 bits per heavy atom. The number of halogens is 6. The van der Waals surface area contributed by atoms with E-state index >= 15 is 0 Å². The third kappa shape index (κ3) is 3.26. The van der Waals surface area contributed by atoms with E-state index < -0.39 is 29.1 Å². The lowest BCUT2D eigenvalue weighted by Crippen LogP contribution is -2.12. The van der Waals surface area contributed by atoms with Crippen molar-refractivity contribution in [2.24, 2.45) is 0 Å². The predicted octanol–water partition coefficient (Wildman–Crippen LogP) is 5.75. The minimum Gasteiger partial charge on any atom is -0.298 e. The number of hydrogen-bond acceptors (Lipinski definition) is 2. The van der Waals surface area contributed by atoms with Crippen molar-refractivity contribution in [1.82, 2.24) is 4.98 Å². The van der Waals surface area contributed by atoms with Gasteiger partial charge in [-0.25, -0.2) is 4.98 Å². The average molecular weight is 369 g/mol. The van der Waals surface area contributed by atoms with E-state index in [1.165, 1.54) is 30.3 Å². The molecule has 0 saturated carbocycles. The van der Waals surface area contributed by atoms with Gasteiger partial charge in [0.2, 0.25) is 0 Å². The number of hydrogen-bond donors (Lipinski definition) is 0. The van der Waals surface area contributed by atoms with Crippen LogP contribution in [0.4, 0.5) is 26.3 Å². The van der Waals surface area contributed by atoms with Crippen LogP contribution in [0.25, 0.3) is 22.0 Å². The van der Waals surface area contributed by atoms with E-state index in [1.807, 2.05) is 0 Å². The van der Waals surface area contributed by atoms with Crippen LogP contribution in [0.2, 0.25) is 0 Å². The summed E-state index contributed by atoms with van der Waals surface area (Å²) >= 11 is 0. The molecule has 1 heterocycles. The molecule has 2 aromatic carbocycles. The first-order chi connectivity index (χ1) is 12.1. The van der Waals surface area contributed by atoms with E-state index in [1.54, 1.807) is 0 Å². The maximum Gasteiger partial charge on any atom is 0.433 e. The van der Waals surface area contributed by atoms with Crippen molar-refractivity contribution in [3.8, 4) is 11.1 Å². The zero-order valence-corrected chi connectivity index (χ0v) is 12.8. The number of rotatable bonds is 2. The molecule has 0 unspecified atom stereocenters. The van der Waals surface area contributed by atoms with Crippen molar-refractivity contribution < 1.29 is 31.1 Å². The first-order valence-electron chi connectivity index (χ1n) is 7.25. The number of benzene rings is 2. The Labute approximate surface area is 143 Å². The van der Waals surface area contributed by atoms with Crippen molar-refractivity contribution in [2.45, 2.75) is 12.4 Å². The standard InChI is InChI=1S/C18H9F6NO/c19-17(20,21)14-3-1-2-12-13(11-6-4-10(9-26)5-7-11)8-15(18(22,23)24)25-16(12)14/h1-9H. The van der Waals surface area contributed by atoms with Crippen LogP contribution in [0.3, 0.4) is 0 Å². The van der Waals surface area contributed by atoms with Gasteiger partial charge in [0.05, 0.1) is 11.1 Å². The Hall–Kier alpha value is -2.90. The minimum absolute atomic E-state index is 0.0501. The fourth-order valence-electron chi connectivity index (χ4n) is 2.60. The molecule has 0 aliphatic rings. The molecule has 26 heavy (non-hydrogen) atoms. The largest absolute Gasteiger partial charge is 0.433 e. The molecular formula is C18H9F6NO. The molecule has 0 fully saturated rings. The van der Waals surface area contributed by atoms with E-state index in [0.717, 1.165) is 6.07 Å². The average Bonchev–Trinajstić information content (AvgIpc) is 2.58. The smallest absolute Gasteiger partial charge is 0.298 e. The minimum atomic E-state index is -4.91. The maximum atomic E-state index is 13.2. The molecule has 0 aliphatic carbocycles. The predicted molar refractivity (Wildman–Crippen MR) is 82.6 cm³/mol. The van der Waals surface area contributed by atoms with Gasteiger partial charge in [-0.2, -0.15) is 26.3 Å². The van der Waals surface area contributed by atoms with Crippen LogP contribution in [0.5, 0.6) is 0 Å². The zero-order valence-electron chi connectivity index (χ0n) is 12.8. The highest BCUT2D eigenvalue weighted by Gasteiger charge is 2.37. The van der Waals surface area contributed by atoms with Gasteiger partial charge >= 0.3 is 12.4 Å². The summed E-state index contributed by atoms with van der Waals surface area (Å²) < 4.78 is 79.2. The Bertz CT molecular complexity index is 974. The maximum absolute atomic E-state index is 13.2. The highest BCUT2D eigenvalue weighted by atomic mass is 19.4. The van der Waals surface area contributed by atoms with Crippen molar-refractivity contribution in [3.05, 3.63) is 65.4 Å². The molecular weight excluding hydrogens is 360 g/mol. The highest BCUT2D eigenvalue weighted by molar-refractivity contribution is 5.97. The van der Waals surface area contributed by atoms with Crippen molar-refractivity contribution in [3.63, 3.8) is 0 Å². The first-order valence-corrected chi connectivity index (χ1v) is 7.25. The monoisotopic (exact) mass is 369 g/mol. The van der Waals surface area contributed by atoms with Crippen LogP contribution in [0, 0.1) is 0 Å². The molecule has 0 amide bonds. The van der Waals surface area contributed by atoms with E-state index in [4.69, 9.17) is 0 Å². The van der Waals surface area contributed by atoms with Crippen LogP contribution in [-0.4, -0.2) is 11.3 Å². The van der Waals surface area contributed by atoms with Crippen LogP contribution >= 0.6 is 0 Å². The molecule has 2 nitrogen and oxygen atoms in total. The van der Waals surface area contributed by atoms with Crippen LogP contribution < -0.4 is 0 Å². The number of fused-ring (bicyclic) bond motifs is 1. The summed E-state index contributed by atoms with van der Waals surface area (Å²) in [5, 5.41) is -0.0633. The number of nitrogens with zero attached hydrogens (tertiary/aromatic N) is 1. The molecule has 0 bridgehead atoms. The van der Waals surface area contributed by atoms with Crippen molar-refractivity contribution in [2.75, 3.05) is 0 Å². The SMILES string of the molecule is O=Cc1ccc(-c2cc(C(F)(F)F)nc3c(C(F)(F)F)cccc23)cc1. The van der Waals surface area contributed by atoms with Gasteiger partial charge in [-0.05, 0) is 23.3 Å². The number of carbonyl (C=O) groups excluding carboxylic acids is 1. The molecule has 0 spiro atoms. The Kier molecular flexibility index (Phi) is 4.21. The summed E-state index contributed by atoms with van der Waals surface area (Å²) in [6, 6.07) is 9.28. The van der Waals surface area contributed by atoms with E-state index in [0.29, 0.717) is 24.0 Å². The Morgan fingerprint density at radius 1 is 0.846 bits per heavy atom. The van der Waals surface area contributed by atoms with Crippen molar-refractivity contribution >= 4 is 17.2 Å². The van der Waals surface area contributed by atoms with Gasteiger partial charge in [-0.15, -0.1) is 0 Å². The molecule has 3 rings (SSSR count). The number of pyridine rings is 1. The quantitative estimate of drug-likeness (QED) is 0.425. The number of aldehydes is 1. The van der Waals surface area contributed by atoms with Gasteiger partial charge in [0.1, 0.15) is 12.0 Å². The summed E-state index contributed by atoms with van der Waals surface area (Å²) in [6.45, 7) is 0. The first kappa shape index (κ1) is 17.9. The van der Waals surface area contributed by atoms with E-state index in [-0.39, 0.29) is 16.5 Å². The molecule has 0 saturated heterocycles. The molecule has 1 aromatic heterocycles. The van der Waals surface area contributed by atoms with Gasteiger partial charge in [0.25, 0.3) is 0 Å². The molecule has 0 N–H and O–H groups in total. The number of para-hydroxylation sites is 1. The number of carbonyl (C=O) groups is 1. The lowest BCUT2D eigenvalue weighted by molar-refractivity contribution is -0.142. The number of aromatic nitrogens is 1. The summed E-state index contributed by atoms with van der Waals surface area (Å²) in [5.74, 6) is 0. The molecule has 0 aliphatic heterocycles. The summed E-state index contributed by atoms with van der Waals surface area (Å²) in [4.78, 5) is 14.0. The Morgan fingerprint density at radius 3 is 2.04 bits per heavy atom. The molecule has 3 aromatic rings. The second kappa shape index (κ2) is 6.12. The molecule has 134 valence electrons. The second-order valence-electron chi connectivity index (χ2n) is 5.49. The Balaban J connectivity index is 2.38. The molecule has 8 heteroatoms. The van der Waals surface area contributed by atoms with Crippen LogP contribution in [-0.2, 0) is 12.4 Å². The van der Waals surface area contributed by atoms with Gasteiger partial charge in [0, 0.05) is 10.9 Å². The van der Waals surface area contributed by atoms with Crippen LogP contribution in [0.1, 0.15) is 21.6 Å². The number of alkyl halides is 6. The highest BCUT2D eigenvalue weighted by Crippen LogP contribution is 2.40. The summed E-state index contributed by atoms with van der Waals surface area (Å²) in [6.07, 6.45) is -9.21. The topological polar surface area (TPSA) is 30.0 Å². The fourth-order valence-corrected chi connectivity index (χ4v) is 2.60. The summed E-state index contributed by atoms with van der Waals surface area (Å²) in [5.41, 5.74) is -2.95. The molecule has 0 radical (unpaired) electrons. The van der Waals surface area contributed by atoms with Gasteiger partial charge in [-0.1, -0.05) is 36.4 Å². The lowest BCUT2D eigenvalue weighted by Gasteiger charge is -2.15. The normalized spacial score (nSPS) is 12.4. The molecule has 0 atom stereocenters. The third-order valence-electron chi connectivity index (χ3n) is 3.79. The van der Waals surface area contributed by atoms with E-state index in [9.17, 15) is 31.1 Å². The van der Waals surface area contributed by atoms with E-state index in [2.05, 4.69) is 4.98 Å². The van der Waals surface area contributed by atoms with Gasteiger partial charge in [0.15, 0.2) is 0 Å². The van der Waals surface area contributed by atoms with Crippen LogP contribution in [0.15, 0.2) is 48.5 Å². The van der Waals surface area contributed by atoms with Gasteiger partial charge in [-0.3, -0.25) is 4.79 Å². The lowest BCUT2D eigenvalue weighted by atomic mass is 9.97. The van der Waals surface area contributed by atoms with Gasteiger partial charge < -0.3 is 0 Å².